The summed E-state index contributed by atoms with van der Waals surface area (Å²) in [4.78, 5) is 30.6. The number of hydrogen-bond acceptors (Lipinski definition) is 4. The van der Waals surface area contributed by atoms with Crippen LogP contribution in [0.25, 0.3) is 10.8 Å². The molecule has 3 aromatic rings. The second-order valence-electron chi connectivity index (χ2n) is 9.94. The number of halogens is 1. The van der Waals surface area contributed by atoms with Crippen LogP contribution in [-0.4, -0.2) is 54.3 Å². The van der Waals surface area contributed by atoms with E-state index in [4.69, 9.17) is 16.3 Å². The number of likely N-dealkylation sites (N-methyl/N-ethyl adjacent to an activating group) is 1. The van der Waals surface area contributed by atoms with E-state index in [-0.39, 0.29) is 24.3 Å². The van der Waals surface area contributed by atoms with Gasteiger partial charge in [-0.3, -0.25) is 9.59 Å². The van der Waals surface area contributed by atoms with E-state index in [1.54, 1.807) is 24.3 Å². The predicted molar refractivity (Wildman–Crippen MR) is 173 cm³/mol. The summed E-state index contributed by atoms with van der Waals surface area (Å²) in [6, 6.07) is 18.8. The van der Waals surface area contributed by atoms with Crippen molar-refractivity contribution in [2.24, 2.45) is 0 Å². The van der Waals surface area contributed by atoms with Crippen LogP contribution in [0.3, 0.4) is 0 Å². The molecule has 1 saturated heterocycles. The number of amides is 1. The van der Waals surface area contributed by atoms with Gasteiger partial charge < -0.3 is 14.5 Å². The zero-order chi connectivity index (χ0) is 30.1. The van der Waals surface area contributed by atoms with Crippen LogP contribution in [0.4, 0.5) is 0 Å². The number of ether oxygens (including phenoxy) is 1. The molecule has 0 bridgehead atoms. The molecule has 3 aromatic carbocycles. The van der Waals surface area contributed by atoms with Crippen LogP contribution in [0.1, 0.15) is 29.8 Å². The molecular formula is C36H37ClN2O3. The first-order valence-corrected chi connectivity index (χ1v) is 14.6. The number of hydrogen-bond donors (Lipinski definition) is 0. The van der Waals surface area contributed by atoms with Gasteiger partial charge in [0.2, 0.25) is 0 Å². The molecule has 1 fully saturated rings. The highest BCUT2D eigenvalue weighted by Crippen LogP contribution is 2.26. The molecule has 1 aliphatic carbocycles. The quantitative estimate of drug-likeness (QED) is 0.221. The Bertz CT molecular complexity index is 1590. The van der Waals surface area contributed by atoms with Gasteiger partial charge >= 0.3 is 0 Å². The van der Waals surface area contributed by atoms with E-state index >= 15 is 0 Å². The van der Waals surface area contributed by atoms with E-state index < -0.39 is 0 Å². The van der Waals surface area contributed by atoms with Gasteiger partial charge in [0.25, 0.3) is 5.91 Å². The maximum absolute atomic E-state index is 13.6. The number of allylic oxidation sites excluding steroid dienone is 7. The fourth-order valence-electron chi connectivity index (χ4n) is 5.05. The van der Waals surface area contributed by atoms with Crippen LogP contribution in [0.2, 0.25) is 5.02 Å². The summed E-state index contributed by atoms with van der Waals surface area (Å²) < 4.78 is 5.92. The number of ketones is 1. The van der Waals surface area contributed by atoms with Crippen LogP contribution < -0.4 is 4.74 Å². The number of carbonyl (C=O) groups is 2. The normalized spacial score (nSPS) is 17.3. The first-order valence-electron chi connectivity index (χ1n) is 14.2. The highest BCUT2D eigenvalue weighted by atomic mass is 35.5. The zero-order valence-corrected chi connectivity index (χ0v) is 25.3. The van der Waals surface area contributed by atoms with Crippen LogP contribution in [-0.2, 0) is 4.79 Å². The van der Waals surface area contributed by atoms with E-state index in [2.05, 4.69) is 11.0 Å². The summed E-state index contributed by atoms with van der Waals surface area (Å²) in [5, 5.41) is 2.58. The number of aryl methyl sites for hydroxylation is 1. The molecule has 2 aliphatic rings. The van der Waals surface area contributed by atoms with Gasteiger partial charge in [0, 0.05) is 29.9 Å². The van der Waals surface area contributed by atoms with E-state index in [1.165, 1.54) is 0 Å². The summed E-state index contributed by atoms with van der Waals surface area (Å²) in [6.45, 7) is 6.83. The minimum Gasteiger partial charge on any atom is -0.483 e. The molecule has 1 atom stereocenters. The van der Waals surface area contributed by atoms with Crippen molar-refractivity contribution < 1.29 is 14.3 Å². The van der Waals surface area contributed by atoms with E-state index in [0.717, 1.165) is 27.6 Å². The molecule has 0 radical (unpaired) electrons. The Morgan fingerprint density at radius 2 is 1.79 bits per heavy atom. The molecule has 0 aromatic heterocycles. The van der Waals surface area contributed by atoms with E-state index in [1.807, 2.05) is 112 Å². The third kappa shape index (κ3) is 7.29. The first kappa shape index (κ1) is 30.6. The van der Waals surface area contributed by atoms with Crippen LogP contribution >= 0.6 is 11.6 Å². The average Bonchev–Trinajstić information content (AvgIpc) is 3.30. The molecule has 42 heavy (non-hydrogen) atoms. The molecule has 0 saturated carbocycles. The second kappa shape index (κ2) is 14.5. The van der Waals surface area contributed by atoms with E-state index in [9.17, 15) is 9.59 Å². The Hall–Kier alpha value is -4.35. The van der Waals surface area contributed by atoms with Gasteiger partial charge in [-0.1, -0.05) is 104 Å². The van der Waals surface area contributed by atoms with Crippen molar-refractivity contribution in [3.05, 3.63) is 137 Å². The Balaban J connectivity index is 0.00000198. The van der Waals surface area contributed by atoms with Crippen molar-refractivity contribution in [3.63, 3.8) is 0 Å². The fraction of sp³-hybridized carbons (Fsp3) is 0.222. The lowest BCUT2D eigenvalue weighted by Crippen LogP contribution is -2.43. The van der Waals surface area contributed by atoms with Gasteiger partial charge in [0.15, 0.2) is 12.4 Å². The second-order valence-corrected chi connectivity index (χ2v) is 10.4. The average molecular weight is 581 g/mol. The summed E-state index contributed by atoms with van der Waals surface area (Å²) in [6.07, 6.45) is 15.3. The molecule has 1 aliphatic heterocycles. The first-order chi connectivity index (χ1) is 20.4. The largest absolute Gasteiger partial charge is 0.483 e. The van der Waals surface area contributed by atoms with Gasteiger partial charge in [0.1, 0.15) is 5.75 Å². The summed E-state index contributed by atoms with van der Waals surface area (Å²) in [7, 11) is 2.00. The van der Waals surface area contributed by atoms with Crippen molar-refractivity contribution in [1.82, 2.24) is 9.80 Å². The third-order valence-electron chi connectivity index (χ3n) is 7.18. The van der Waals surface area contributed by atoms with Crippen LogP contribution in [0, 0.1) is 6.92 Å². The van der Waals surface area contributed by atoms with Gasteiger partial charge in [0.05, 0.1) is 12.6 Å². The Morgan fingerprint density at radius 1 is 1.00 bits per heavy atom. The number of nitrogens with zero attached hydrogens (tertiary/aromatic N) is 2. The molecule has 1 unspecified atom stereocenters. The SMILES string of the molecule is CC.Cc1cc(Cl)ccc1OCC(=O)N1C/C(=C/C=C/C(=O)c2cccc3ccccc23)N(C)CC2=CC=CC=CC21. The minimum atomic E-state index is -0.202. The van der Waals surface area contributed by atoms with Crippen molar-refractivity contribution in [2.45, 2.75) is 26.8 Å². The monoisotopic (exact) mass is 580 g/mol. The third-order valence-corrected chi connectivity index (χ3v) is 7.42. The molecule has 1 amide bonds. The molecule has 5 rings (SSSR count). The van der Waals surface area contributed by atoms with Crippen molar-refractivity contribution in [3.8, 4) is 5.75 Å². The zero-order valence-electron chi connectivity index (χ0n) is 24.6. The summed E-state index contributed by atoms with van der Waals surface area (Å²) in [5.41, 5.74) is 3.56. The number of rotatable bonds is 6. The van der Waals surface area contributed by atoms with Gasteiger partial charge in [-0.05, 0) is 59.2 Å². The maximum Gasteiger partial charge on any atom is 0.261 e. The van der Waals surface area contributed by atoms with Crippen molar-refractivity contribution in [1.29, 1.82) is 0 Å². The summed E-state index contributed by atoms with van der Waals surface area (Å²) in [5.74, 6) is 0.434. The van der Waals surface area contributed by atoms with Crippen LogP contribution in [0.15, 0.2) is 121 Å². The molecule has 0 N–H and O–H groups in total. The smallest absolute Gasteiger partial charge is 0.261 e. The molecule has 0 spiro atoms. The predicted octanol–water partition coefficient (Wildman–Crippen LogP) is 7.72. The minimum absolute atomic E-state index is 0.0643. The van der Waals surface area contributed by atoms with Gasteiger partial charge in [-0.15, -0.1) is 0 Å². The molecule has 1 heterocycles. The Morgan fingerprint density at radius 3 is 2.60 bits per heavy atom. The maximum atomic E-state index is 13.6. The Kier molecular flexibility index (Phi) is 10.6. The number of fused-ring (bicyclic) bond motifs is 2. The molecular weight excluding hydrogens is 544 g/mol. The lowest BCUT2D eigenvalue weighted by Gasteiger charge is -2.29. The lowest BCUT2D eigenvalue weighted by atomic mass is 10.0. The highest BCUT2D eigenvalue weighted by molar-refractivity contribution is 6.30. The topological polar surface area (TPSA) is 49.9 Å². The molecule has 5 nitrogen and oxygen atoms in total. The fourth-order valence-corrected chi connectivity index (χ4v) is 5.28. The molecule has 6 heteroatoms. The van der Waals surface area contributed by atoms with Crippen molar-refractivity contribution in [2.75, 3.05) is 26.7 Å². The van der Waals surface area contributed by atoms with Gasteiger partial charge in [-0.25, -0.2) is 0 Å². The van der Waals surface area contributed by atoms with E-state index in [0.29, 0.717) is 29.4 Å². The Labute approximate surface area is 253 Å². The van der Waals surface area contributed by atoms with Gasteiger partial charge in [-0.2, -0.15) is 0 Å². The number of benzene rings is 3. The standard InChI is InChI=1S/C34H31ClN2O3.C2H6/c1-24-20-27(35)18-19-33(24)40-23-34(39)37-22-28(36(2)21-26-11-4-3-5-16-31(26)37)13-9-17-32(38)30-15-8-12-25-10-6-7-14-29(25)30;1-2/h3-20,31H,21-23H2,1-2H3;1-2H3/b17-9+,28-13-;. The van der Waals surface area contributed by atoms with Crippen LogP contribution in [0.5, 0.6) is 5.75 Å². The lowest BCUT2D eigenvalue weighted by molar-refractivity contribution is -0.133. The molecule has 216 valence electrons. The summed E-state index contributed by atoms with van der Waals surface area (Å²) >= 11 is 6.07. The number of carbonyl (C=O) groups excluding carboxylic acids is 2. The van der Waals surface area contributed by atoms with Crippen molar-refractivity contribution >= 4 is 34.1 Å². The highest BCUT2D eigenvalue weighted by Gasteiger charge is 2.31.